The summed E-state index contributed by atoms with van der Waals surface area (Å²) in [4.78, 5) is 16.6. The van der Waals surface area contributed by atoms with Crippen molar-refractivity contribution in [2.45, 2.75) is 24.9 Å². The van der Waals surface area contributed by atoms with Gasteiger partial charge in [-0.2, -0.15) is 0 Å². The first-order valence-electron chi connectivity index (χ1n) is 6.49. The van der Waals surface area contributed by atoms with Gasteiger partial charge in [0.05, 0.1) is 11.6 Å². The molecule has 0 aliphatic carbocycles. The van der Waals surface area contributed by atoms with Gasteiger partial charge in [-0.3, -0.25) is 4.79 Å². The molecule has 0 spiro atoms. The summed E-state index contributed by atoms with van der Waals surface area (Å²) >= 11 is 1.48. The Bertz CT molecular complexity index is 613. The lowest BCUT2D eigenvalue weighted by molar-refractivity contribution is 0.0936. The molecule has 0 saturated heterocycles. The third-order valence-electron chi connectivity index (χ3n) is 3.21. The maximum absolute atomic E-state index is 12.4. The summed E-state index contributed by atoms with van der Waals surface area (Å²) in [5.74, 6) is -0.0850. The quantitative estimate of drug-likeness (QED) is 0.873. The molecule has 0 aliphatic rings. The molecule has 0 bridgehead atoms. The van der Waals surface area contributed by atoms with Gasteiger partial charge >= 0.3 is 0 Å². The average molecular weight is 286 g/mol. The van der Waals surface area contributed by atoms with E-state index >= 15 is 0 Å². The third-order valence-corrected chi connectivity index (χ3v) is 3.92. The number of hydrogen-bond acceptors (Lipinski definition) is 3. The van der Waals surface area contributed by atoms with Crippen molar-refractivity contribution in [1.29, 1.82) is 0 Å². The van der Waals surface area contributed by atoms with E-state index in [9.17, 15) is 4.79 Å². The van der Waals surface area contributed by atoms with Crippen molar-refractivity contribution in [3.63, 3.8) is 0 Å². The van der Waals surface area contributed by atoms with E-state index in [0.717, 1.165) is 10.6 Å². The highest BCUT2D eigenvalue weighted by molar-refractivity contribution is 7.98. The summed E-state index contributed by atoms with van der Waals surface area (Å²) < 4.78 is 0. The Morgan fingerprint density at radius 1 is 1.25 bits per heavy atom. The zero-order valence-corrected chi connectivity index (χ0v) is 12.7. The lowest BCUT2D eigenvalue weighted by Crippen LogP contribution is -2.27. The highest BCUT2D eigenvalue weighted by Crippen LogP contribution is 2.20. The second kappa shape index (κ2) is 6.57. The highest BCUT2D eigenvalue weighted by atomic mass is 32.2. The summed E-state index contributed by atoms with van der Waals surface area (Å²) in [5, 5.41) is 3.79. The van der Waals surface area contributed by atoms with Crippen LogP contribution in [0.1, 0.15) is 34.5 Å². The molecule has 1 amide bonds. The van der Waals surface area contributed by atoms with E-state index in [2.05, 4.69) is 23.3 Å². The van der Waals surface area contributed by atoms with Crippen LogP contribution in [0, 0.1) is 6.92 Å². The molecule has 1 N–H and O–H groups in total. The highest BCUT2D eigenvalue weighted by Gasteiger charge is 2.15. The third kappa shape index (κ3) is 3.20. The molecule has 0 radical (unpaired) electrons. The van der Waals surface area contributed by atoms with Gasteiger partial charge in [0, 0.05) is 6.20 Å². The van der Waals surface area contributed by atoms with Crippen molar-refractivity contribution >= 4 is 17.7 Å². The fourth-order valence-electron chi connectivity index (χ4n) is 2.15. The summed E-state index contributed by atoms with van der Waals surface area (Å²) in [6.45, 7) is 4.05. The fraction of sp³-hybridized carbons (Fsp3) is 0.250. The van der Waals surface area contributed by atoms with Crippen molar-refractivity contribution in [2.75, 3.05) is 6.26 Å². The molecular formula is C16H18N2OS. The van der Waals surface area contributed by atoms with Gasteiger partial charge in [0.1, 0.15) is 5.03 Å². The minimum atomic E-state index is -0.0850. The number of rotatable bonds is 4. The van der Waals surface area contributed by atoms with Crippen LogP contribution in [0.25, 0.3) is 0 Å². The number of pyridine rings is 1. The zero-order valence-electron chi connectivity index (χ0n) is 11.9. The van der Waals surface area contributed by atoms with E-state index < -0.39 is 0 Å². The predicted molar refractivity (Wildman–Crippen MR) is 83.1 cm³/mol. The molecule has 20 heavy (non-hydrogen) atoms. The van der Waals surface area contributed by atoms with Gasteiger partial charge in [-0.15, -0.1) is 11.8 Å². The van der Waals surface area contributed by atoms with E-state index in [1.54, 1.807) is 18.3 Å². The van der Waals surface area contributed by atoms with E-state index in [4.69, 9.17) is 0 Å². The molecule has 2 aromatic rings. The number of nitrogens with one attached hydrogen (secondary N) is 1. The Balaban J connectivity index is 2.18. The molecule has 1 aromatic heterocycles. The van der Waals surface area contributed by atoms with Crippen LogP contribution in [0.2, 0.25) is 0 Å². The smallest absolute Gasteiger partial charge is 0.254 e. The summed E-state index contributed by atoms with van der Waals surface area (Å²) in [6, 6.07) is 11.6. The Labute approximate surface area is 123 Å². The second-order valence-electron chi connectivity index (χ2n) is 4.61. The van der Waals surface area contributed by atoms with E-state index in [1.165, 1.54) is 17.3 Å². The van der Waals surface area contributed by atoms with Gasteiger partial charge in [-0.05, 0) is 43.4 Å². The van der Waals surface area contributed by atoms with Crippen LogP contribution in [-0.2, 0) is 0 Å². The van der Waals surface area contributed by atoms with Crippen molar-refractivity contribution in [3.8, 4) is 0 Å². The molecule has 4 heteroatoms. The number of aryl methyl sites for hydroxylation is 1. The van der Waals surface area contributed by atoms with Crippen molar-refractivity contribution in [3.05, 3.63) is 59.3 Å². The first kappa shape index (κ1) is 14.6. The predicted octanol–water partition coefficient (Wildman–Crippen LogP) is 3.60. The van der Waals surface area contributed by atoms with Crippen LogP contribution in [-0.4, -0.2) is 17.1 Å². The molecule has 104 valence electrons. The molecule has 0 saturated carbocycles. The molecule has 0 fully saturated rings. The maximum atomic E-state index is 12.4. The minimum Gasteiger partial charge on any atom is -0.345 e. The van der Waals surface area contributed by atoms with Gasteiger partial charge in [0.2, 0.25) is 0 Å². The molecule has 2 rings (SSSR count). The van der Waals surface area contributed by atoms with Gasteiger partial charge < -0.3 is 5.32 Å². The van der Waals surface area contributed by atoms with Gasteiger partial charge in [-0.25, -0.2) is 4.98 Å². The number of aromatic nitrogens is 1. The van der Waals surface area contributed by atoms with Crippen LogP contribution >= 0.6 is 11.8 Å². The molecule has 1 heterocycles. The monoisotopic (exact) mass is 286 g/mol. The summed E-state index contributed by atoms with van der Waals surface area (Å²) in [6.07, 6.45) is 3.62. The van der Waals surface area contributed by atoms with Crippen LogP contribution in [0.15, 0.2) is 47.6 Å². The van der Waals surface area contributed by atoms with Crippen LogP contribution in [0.5, 0.6) is 0 Å². The largest absolute Gasteiger partial charge is 0.345 e. The summed E-state index contributed by atoms with van der Waals surface area (Å²) in [7, 11) is 0. The number of hydrogen-bond donors (Lipinski definition) is 1. The Kier molecular flexibility index (Phi) is 4.79. The van der Waals surface area contributed by atoms with Crippen LogP contribution in [0.4, 0.5) is 0 Å². The Hall–Kier alpha value is -1.81. The number of amides is 1. The average Bonchev–Trinajstić information content (AvgIpc) is 2.47. The zero-order chi connectivity index (χ0) is 14.5. The van der Waals surface area contributed by atoms with E-state index in [1.807, 2.05) is 31.4 Å². The van der Waals surface area contributed by atoms with Crippen LogP contribution < -0.4 is 5.32 Å². The molecule has 1 aromatic carbocycles. The Morgan fingerprint density at radius 2 is 2.00 bits per heavy atom. The van der Waals surface area contributed by atoms with Gasteiger partial charge in [-0.1, -0.05) is 24.3 Å². The SMILES string of the molecule is CSc1ncccc1C(=O)N[C@H](C)c1ccccc1C. The van der Waals surface area contributed by atoms with E-state index in [-0.39, 0.29) is 11.9 Å². The Morgan fingerprint density at radius 3 is 2.70 bits per heavy atom. The molecule has 0 unspecified atom stereocenters. The molecular weight excluding hydrogens is 268 g/mol. The summed E-state index contributed by atoms with van der Waals surface area (Å²) in [5.41, 5.74) is 2.94. The number of benzene rings is 1. The minimum absolute atomic E-state index is 0.0291. The van der Waals surface area contributed by atoms with Crippen molar-refractivity contribution < 1.29 is 4.79 Å². The molecule has 1 atom stereocenters. The standard InChI is InChI=1S/C16H18N2OS/c1-11-7-4-5-8-13(11)12(2)18-15(19)14-9-6-10-17-16(14)20-3/h4-10,12H,1-3H3,(H,18,19)/t12-/m1/s1. The van der Waals surface area contributed by atoms with Crippen LogP contribution in [0.3, 0.4) is 0 Å². The number of thioether (sulfide) groups is 1. The lowest BCUT2D eigenvalue weighted by atomic mass is 10.0. The van der Waals surface area contributed by atoms with Gasteiger partial charge in [0.25, 0.3) is 5.91 Å². The maximum Gasteiger partial charge on any atom is 0.254 e. The first-order chi connectivity index (χ1) is 9.63. The van der Waals surface area contributed by atoms with Gasteiger partial charge in [0.15, 0.2) is 0 Å². The van der Waals surface area contributed by atoms with Crippen molar-refractivity contribution in [1.82, 2.24) is 10.3 Å². The first-order valence-corrected chi connectivity index (χ1v) is 7.71. The van der Waals surface area contributed by atoms with E-state index in [0.29, 0.717) is 5.56 Å². The molecule has 0 aliphatic heterocycles. The second-order valence-corrected chi connectivity index (χ2v) is 5.41. The number of nitrogens with zero attached hydrogens (tertiary/aromatic N) is 1. The molecule has 3 nitrogen and oxygen atoms in total. The number of carbonyl (C=O) groups excluding carboxylic acids is 1. The number of carbonyl (C=O) groups is 1. The van der Waals surface area contributed by atoms with Crippen molar-refractivity contribution in [2.24, 2.45) is 0 Å². The normalized spacial score (nSPS) is 11.9. The topological polar surface area (TPSA) is 42.0 Å². The lowest BCUT2D eigenvalue weighted by Gasteiger charge is -2.17. The fourth-order valence-corrected chi connectivity index (χ4v) is 2.70.